The Morgan fingerprint density at radius 3 is 2.81 bits per heavy atom. The van der Waals surface area contributed by atoms with E-state index in [0.29, 0.717) is 12.0 Å². The molecule has 21 heavy (non-hydrogen) atoms. The molecule has 1 saturated heterocycles. The van der Waals surface area contributed by atoms with Gasteiger partial charge in [-0.2, -0.15) is 0 Å². The molecule has 0 aromatic carbocycles. The van der Waals surface area contributed by atoms with Crippen LogP contribution in [0.15, 0.2) is 15.8 Å². The number of methoxy groups -OCH3 is 2. The van der Waals surface area contributed by atoms with Gasteiger partial charge in [-0.15, -0.1) is 0 Å². The lowest BCUT2D eigenvalue weighted by atomic mass is 9.98. The van der Waals surface area contributed by atoms with Crippen LogP contribution in [-0.4, -0.2) is 53.8 Å². The topological polar surface area (TPSA) is 103 Å². The third-order valence-electron chi connectivity index (χ3n) is 3.77. The van der Waals surface area contributed by atoms with E-state index in [1.807, 2.05) is 0 Å². The third kappa shape index (κ3) is 2.80. The Bertz CT molecular complexity index is 609. The standard InChI is InChI=1S/C13H20N2O6/c1-8-5-15(12(18)14-11(8)17)10-4-9(20-3)13(6-16,21-10)7-19-2/h5,9-10,16H,4,6-7H2,1-3H3,(H,14,17,18)/t9-,10-,13-/m1/s1. The summed E-state index contributed by atoms with van der Waals surface area (Å²) in [7, 11) is 3.01. The molecule has 0 aliphatic carbocycles. The fourth-order valence-electron chi connectivity index (χ4n) is 2.63. The summed E-state index contributed by atoms with van der Waals surface area (Å²) >= 11 is 0. The van der Waals surface area contributed by atoms with Gasteiger partial charge in [0.05, 0.1) is 19.3 Å². The summed E-state index contributed by atoms with van der Waals surface area (Å²) in [6.07, 6.45) is 0.747. The number of hydrogen-bond donors (Lipinski definition) is 2. The van der Waals surface area contributed by atoms with Crippen LogP contribution < -0.4 is 11.2 Å². The number of aromatic nitrogens is 2. The van der Waals surface area contributed by atoms with E-state index < -0.39 is 29.2 Å². The molecule has 2 heterocycles. The van der Waals surface area contributed by atoms with E-state index in [1.165, 1.54) is 25.0 Å². The van der Waals surface area contributed by atoms with Crippen LogP contribution in [0, 0.1) is 6.92 Å². The fraction of sp³-hybridized carbons (Fsp3) is 0.692. The molecule has 1 aromatic rings. The van der Waals surface area contributed by atoms with Crippen molar-refractivity contribution in [1.82, 2.24) is 9.55 Å². The van der Waals surface area contributed by atoms with Gasteiger partial charge in [-0.1, -0.05) is 0 Å². The Hall–Kier alpha value is -1.48. The van der Waals surface area contributed by atoms with Crippen LogP contribution in [0.3, 0.4) is 0 Å². The van der Waals surface area contributed by atoms with Crippen molar-refractivity contribution < 1.29 is 19.3 Å². The normalized spacial score (nSPS) is 29.0. The van der Waals surface area contributed by atoms with E-state index in [9.17, 15) is 14.7 Å². The fourth-order valence-corrected chi connectivity index (χ4v) is 2.63. The summed E-state index contributed by atoms with van der Waals surface area (Å²) in [4.78, 5) is 25.6. The van der Waals surface area contributed by atoms with Crippen molar-refractivity contribution >= 4 is 0 Å². The lowest BCUT2D eigenvalue weighted by Gasteiger charge is -2.30. The van der Waals surface area contributed by atoms with Crippen molar-refractivity contribution in [1.29, 1.82) is 0 Å². The molecule has 0 unspecified atom stereocenters. The summed E-state index contributed by atoms with van der Waals surface area (Å²) in [6, 6.07) is 0. The van der Waals surface area contributed by atoms with Gasteiger partial charge in [0.1, 0.15) is 11.8 Å². The molecular weight excluding hydrogens is 280 g/mol. The molecule has 8 heteroatoms. The van der Waals surface area contributed by atoms with Gasteiger partial charge in [-0.05, 0) is 6.92 Å². The molecular formula is C13H20N2O6. The molecule has 1 aromatic heterocycles. The van der Waals surface area contributed by atoms with Crippen LogP contribution in [-0.2, 0) is 14.2 Å². The first-order valence-electron chi connectivity index (χ1n) is 6.60. The number of H-pyrrole nitrogens is 1. The maximum absolute atomic E-state index is 11.9. The van der Waals surface area contributed by atoms with Crippen molar-refractivity contribution in [2.75, 3.05) is 27.4 Å². The minimum Gasteiger partial charge on any atom is -0.393 e. The van der Waals surface area contributed by atoms with E-state index >= 15 is 0 Å². The summed E-state index contributed by atoms with van der Waals surface area (Å²) < 4.78 is 17.6. The van der Waals surface area contributed by atoms with Crippen LogP contribution in [0.5, 0.6) is 0 Å². The zero-order chi connectivity index (χ0) is 15.6. The molecule has 1 aliphatic rings. The number of nitrogens with zero attached hydrogens (tertiary/aromatic N) is 1. The predicted molar refractivity (Wildman–Crippen MR) is 73.3 cm³/mol. The molecule has 1 fully saturated rings. The Labute approximate surface area is 121 Å². The summed E-state index contributed by atoms with van der Waals surface area (Å²) in [5.41, 5.74) is -1.61. The number of aryl methyl sites for hydroxylation is 1. The molecule has 0 amide bonds. The van der Waals surface area contributed by atoms with Gasteiger partial charge in [0.25, 0.3) is 5.56 Å². The number of hydrogen-bond acceptors (Lipinski definition) is 6. The minimum atomic E-state index is -1.03. The third-order valence-corrected chi connectivity index (χ3v) is 3.77. The van der Waals surface area contributed by atoms with Crippen LogP contribution in [0.25, 0.3) is 0 Å². The highest BCUT2D eigenvalue weighted by Crippen LogP contribution is 2.37. The molecule has 0 spiro atoms. The van der Waals surface area contributed by atoms with Crippen molar-refractivity contribution in [2.45, 2.75) is 31.3 Å². The van der Waals surface area contributed by atoms with Crippen molar-refractivity contribution in [2.24, 2.45) is 0 Å². The summed E-state index contributed by atoms with van der Waals surface area (Å²) in [6.45, 7) is 1.44. The van der Waals surface area contributed by atoms with E-state index in [4.69, 9.17) is 14.2 Å². The molecule has 3 atom stereocenters. The van der Waals surface area contributed by atoms with Gasteiger partial charge < -0.3 is 19.3 Å². The molecule has 0 bridgehead atoms. The molecule has 1 aliphatic heterocycles. The van der Waals surface area contributed by atoms with Gasteiger partial charge in [0.2, 0.25) is 0 Å². The number of ether oxygens (including phenoxy) is 3. The van der Waals surface area contributed by atoms with E-state index in [0.717, 1.165) is 0 Å². The van der Waals surface area contributed by atoms with Crippen molar-refractivity contribution in [3.63, 3.8) is 0 Å². The van der Waals surface area contributed by atoms with Crippen LogP contribution in [0.4, 0.5) is 0 Å². The monoisotopic (exact) mass is 300 g/mol. The Kier molecular flexibility index (Phi) is 4.62. The molecule has 118 valence electrons. The van der Waals surface area contributed by atoms with Gasteiger partial charge in [-0.3, -0.25) is 14.3 Å². The number of aliphatic hydroxyl groups is 1. The lowest BCUT2D eigenvalue weighted by molar-refractivity contribution is -0.161. The first-order valence-corrected chi connectivity index (χ1v) is 6.60. The molecule has 2 N–H and O–H groups in total. The number of aliphatic hydroxyl groups excluding tert-OH is 1. The second kappa shape index (κ2) is 6.10. The summed E-state index contributed by atoms with van der Waals surface area (Å²) in [5, 5.41) is 9.65. The lowest BCUT2D eigenvalue weighted by Crippen LogP contribution is -2.48. The van der Waals surface area contributed by atoms with Gasteiger partial charge in [-0.25, -0.2) is 4.79 Å². The Balaban J connectivity index is 2.38. The average Bonchev–Trinajstić information content (AvgIpc) is 2.82. The first kappa shape index (κ1) is 15.9. The number of nitrogens with one attached hydrogen (secondary N) is 1. The van der Waals surface area contributed by atoms with E-state index in [-0.39, 0.29) is 13.2 Å². The maximum Gasteiger partial charge on any atom is 0.330 e. The smallest absolute Gasteiger partial charge is 0.330 e. The van der Waals surface area contributed by atoms with Gasteiger partial charge >= 0.3 is 5.69 Å². The first-order chi connectivity index (χ1) is 9.97. The largest absolute Gasteiger partial charge is 0.393 e. The average molecular weight is 300 g/mol. The minimum absolute atomic E-state index is 0.135. The zero-order valence-corrected chi connectivity index (χ0v) is 12.3. The molecule has 2 rings (SSSR count). The highest BCUT2D eigenvalue weighted by atomic mass is 16.6. The SMILES string of the molecule is COC[C@@]1(CO)O[C@@H](n2cc(C)c(=O)[nH]c2=O)C[C@H]1OC. The van der Waals surface area contributed by atoms with Crippen LogP contribution >= 0.6 is 0 Å². The highest BCUT2D eigenvalue weighted by Gasteiger charge is 2.50. The predicted octanol–water partition coefficient (Wildman–Crippen LogP) is -0.844. The Morgan fingerprint density at radius 1 is 1.52 bits per heavy atom. The van der Waals surface area contributed by atoms with E-state index in [2.05, 4.69) is 4.98 Å². The number of aromatic amines is 1. The van der Waals surface area contributed by atoms with Gasteiger partial charge in [0, 0.05) is 32.4 Å². The van der Waals surface area contributed by atoms with Crippen LogP contribution in [0.1, 0.15) is 18.2 Å². The quantitative estimate of drug-likeness (QED) is 0.735. The van der Waals surface area contributed by atoms with Gasteiger partial charge in [0.15, 0.2) is 0 Å². The molecule has 0 radical (unpaired) electrons. The molecule has 8 nitrogen and oxygen atoms in total. The Morgan fingerprint density at radius 2 is 2.24 bits per heavy atom. The maximum atomic E-state index is 11.9. The van der Waals surface area contributed by atoms with Crippen molar-refractivity contribution in [3.05, 3.63) is 32.6 Å². The van der Waals surface area contributed by atoms with Crippen LogP contribution in [0.2, 0.25) is 0 Å². The second-order valence-electron chi connectivity index (χ2n) is 5.17. The second-order valence-corrected chi connectivity index (χ2v) is 5.17. The van der Waals surface area contributed by atoms with Crippen molar-refractivity contribution in [3.8, 4) is 0 Å². The highest BCUT2D eigenvalue weighted by molar-refractivity contribution is 5.03. The number of rotatable bonds is 5. The molecule has 0 saturated carbocycles. The van der Waals surface area contributed by atoms with E-state index in [1.54, 1.807) is 6.92 Å². The zero-order valence-electron chi connectivity index (χ0n) is 12.3. The summed E-state index contributed by atoms with van der Waals surface area (Å²) in [5.74, 6) is 0.